The Hall–Kier alpha value is -0.610. The Bertz CT molecular complexity index is 239. The van der Waals surface area contributed by atoms with Crippen molar-refractivity contribution in [1.82, 2.24) is 5.32 Å². The van der Waals surface area contributed by atoms with E-state index in [0.29, 0.717) is 18.6 Å². The maximum absolute atomic E-state index is 11.8. The molecule has 2 fully saturated rings. The Morgan fingerprint density at radius 3 is 2.80 bits per heavy atom. The van der Waals surface area contributed by atoms with Crippen LogP contribution in [0.25, 0.3) is 0 Å². The first-order chi connectivity index (χ1) is 7.16. The molecule has 4 nitrogen and oxygen atoms in total. The zero-order valence-electron chi connectivity index (χ0n) is 9.24. The molecule has 1 saturated heterocycles. The molecule has 15 heavy (non-hydrogen) atoms. The van der Waals surface area contributed by atoms with E-state index in [1.54, 1.807) is 0 Å². The number of hydrogen-bond donors (Lipinski definition) is 2. The van der Waals surface area contributed by atoms with E-state index in [1.807, 2.05) is 6.92 Å². The average Bonchev–Trinajstić information content (AvgIpc) is 2.57. The molecule has 2 aliphatic rings. The molecule has 1 amide bonds. The number of nitrogens with one attached hydrogen (secondary N) is 1. The standard InChI is InChI=1S/C11H20N2O2/c1-7-10(2-3-15-7)11(14)13-6-8-4-9(12)5-8/h7-10H,2-6,12H2,1H3,(H,13,14). The van der Waals surface area contributed by atoms with E-state index < -0.39 is 0 Å². The number of ether oxygens (including phenoxy) is 1. The van der Waals surface area contributed by atoms with Gasteiger partial charge in [-0.3, -0.25) is 4.79 Å². The second kappa shape index (κ2) is 4.49. The molecule has 0 radical (unpaired) electrons. The fourth-order valence-corrected chi connectivity index (χ4v) is 2.41. The average molecular weight is 212 g/mol. The van der Waals surface area contributed by atoms with Gasteiger partial charge in [0.05, 0.1) is 12.0 Å². The van der Waals surface area contributed by atoms with Gasteiger partial charge in [-0.1, -0.05) is 0 Å². The SMILES string of the molecule is CC1OCCC1C(=O)NCC1CC(N)C1. The minimum atomic E-state index is 0.0544. The van der Waals surface area contributed by atoms with Crippen LogP contribution in [-0.4, -0.2) is 31.2 Å². The van der Waals surface area contributed by atoms with Gasteiger partial charge < -0.3 is 15.8 Å². The van der Waals surface area contributed by atoms with Gasteiger partial charge in [0.2, 0.25) is 5.91 Å². The van der Waals surface area contributed by atoms with Crippen LogP contribution in [0.1, 0.15) is 26.2 Å². The lowest BCUT2D eigenvalue weighted by atomic mass is 9.81. The summed E-state index contributed by atoms with van der Waals surface area (Å²) in [5.74, 6) is 0.806. The summed E-state index contributed by atoms with van der Waals surface area (Å²) in [5, 5.41) is 3.00. The van der Waals surface area contributed by atoms with E-state index in [0.717, 1.165) is 25.8 Å². The lowest BCUT2D eigenvalue weighted by Crippen LogP contribution is -2.44. The first-order valence-electron chi connectivity index (χ1n) is 5.81. The van der Waals surface area contributed by atoms with E-state index in [-0.39, 0.29) is 17.9 Å². The molecule has 1 saturated carbocycles. The first kappa shape index (κ1) is 10.9. The zero-order valence-corrected chi connectivity index (χ0v) is 9.24. The maximum atomic E-state index is 11.8. The summed E-state index contributed by atoms with van der Waals surface area (Å²) < 4.78 is 5.37. The molecule has 2 rings (SSSR count). The van der Waals surface area contributed by atoms with Gasteiger partial charge in [-0.05, 0) is 32.1 Å². The smallest absolute Gasteiger partial charge is 0.225 e. The second-order valence-electron chi connectivity index (χ2n) is 4.81. The summed E-state index contributed by atoms with van der Waals surface area (Å²) in [6.45, 7) is 3.47. The topological polar surface area (TPSA) is 64.3 Å². The van der Waals surface area contributed by atoms with Crippen molar-refractivity contribution in [1.29, 1.82) is 0 Å². The largest absolute Gasteiger partial charge is 0.378 e. The molecule has 1 heterocycles. The minimum absolute atomic E-state index is 0.0544. The predicted molar refractivity (Wildman–Crippen MR) is 57.2 cm³/mol. The van der Waals surface area contributed by atoms with Gasteiger partial charge in [-0.15, -0.1) is 0 Å². The molecule has 2 atom stereocenters. The van der Waals surface area contributed by atoms with Crippen LogP contribution < -0.4 is 11.1 Å². The quantitative estimate of drug-likeness (QED) is 0.705. The fourth-order valence-electron chi connectivity index (χ4n) is 2.41. The zero-order chi connectivity index (χ0) is 10.8. The summed E-state index contributed by atoms with van der Waals surface area (Å²) in [4.78, 5) is 11.8. The fraction of sp³-hybridized carbons (Fsp3) is 0.909. The van der Waals surface area contributed by atoms with Crippen LogP contribution >= 0.6 is 0 Å². The van der Waals surface area contributed by atoms with Gasteiger partial charge in [0.15, 0.2) is 0 Å². The van der Waals surface area contributed by atoms with Gasteiger partial charge in [0, 0.05) is 19.2 Å². The number of amides is 1. The highest BCUT2D eigenvalue weighted by molar-refractivity contribution is 5.79. The van der Waals surface area contributed by atoms with Gasteiger partial charge in [-0.25, -0.2) is 0 Å². The molecular weight excluding hydrogens is 192 g/mol. The van der Waals surface area contributed by atoms with E-state index in [9.17, 15) is 4.79 Å². The number of hydrogen-bond acceptors (Lipinski definition) is 3. The maximum Gasteiger partial charge on any atom is 0.225 e. The summed E-state index contributed by atoms with van der Waals surface area (Å²) in [6, 6.07) is 0.362. The molecule has 86 valence electrons. The van der Waals surface area contributed by atoms with E-state index in [1.165, 1.54) is 0 Å². The molecule has 0 aromatic carbocycles. The highest BCUT2D eigenvalue weighted by atomic mass is 16.5. The number of carbonyl (C=O) groups excluding carboxylic acids is 1. The van der Waals surface area contributed by atoms with Crippen molar-refractivity contribution in [2.75, 3.05) is 13.2 Å². The van der Waals surface area contributed by atoms with Crippen molar-refractivity contribution in [3.05, 3.63) is 0 Å². The molecule has 4 heteroatoms. The van der Waals surface area contributed by atoms with Crippen molar-refractivity contribution in [3.63, 3.8) is 0 Å². The number of carbonyl (C=O) groups is 1. The van der Waals surface area contributed by atoms with Gasteiger partial charge in [0.25, 0.3) is 0 Å². The van der Waals surface area contributed by atoms with Crippen LogP contribution in [0.2, 0.25) is 0 Å². The molecule has 3 N–H and O–H groups in total. The molecule has 0 bridgehead atoms. The van der Waals surface area contributed by atoms with Crippen molar-refractivity contribution in [2.24, 2.45) is 17.6 Å². The Labute approximate surface area is 90.5 Å². The lowest BCUT2D eigenvalue weighted by molar-refractivity contribution is -0.126. The molecule has 1 aliphatic heterocycles. The van der Waals surface area contributed by atoms with Gasteiger partial charge >= 0.3 is 0 Å². The predicted octanol–water partition coefficient (Wildman–Crippen LogP) is 0.265. The Kier molecular flexibility index (Phi) is 3.26. The third kappa shape index (κ3) is 2.49. The molecule has 0 aromatic rings. The summed E-state index contributed by atoms with van der Waals surface area (Å²) >= 11 is 0. The van der Waals surface area contributed by atoms with Crippen molar-refractivity contribution < 1.29 is 9.53 Å². The second-order valence-corrected chi connectivity index (χ2v) is 4.81. The van der Waals surface area contributed by atoms with Crippen LogP contribution in [0.15, 0.2) is 0 Å². The molecule has 0 spiro atoms. The third-order valence-electron chi connectivity index (χ3n) is 3.55. The van der Waals surface area contributed by atoms with E-state index >= 15 is 0 Å². The normalized spacial score (nSPS) is 39.9. The Morgan fingerprint density at radius 2 is 2.27 bits per heavy atom. The monoisotopic (exact) mass is 212 g/mol. The van der Waals surface area contributed by atoms with Gasteiger partial charge in [0.1, 0.15) is 0 Å². The number of nitrogens with two attached hydrogens (primary N) is 1. The third-order valence-corrected chi connectivity index (χ3v) is 3.55. The summed E-state index contributed by atoms with van der Waals surface area (Å²) in [7, 11) is 0. The van der Waals surface area contributed by atoms with Crippen LogP contribution in [-0.2, 0) is 9.53 Å². The van der Waals surface area contributed by atoms with Crippen LogP contribution in [0.3, 0.4) is 0 Å². The Morgan fingerprint density at radius 1 is 1.53 bits per heavy atom. The molecular formula is C11H20N2O2. The Balaban J connectivity index is 1.68. The highest BCUT2D eigenvalue weighted by Crippen LogP contribution is 2.25. The summed E-state index contributed by atoms with van der Waals surface area (Å²) in [6.07, 6.45) is 3.04. The first-order valence-corrected chi connectivity index (χ1v) is 5.81. The molecule has 1 aliphatic carbocycles. The summed E-state index contributed by atoms with van der Waals surface area (Å²) in [5.41, 5.74) is 5.69. The highest BCUT2D eigenvalue weighted by Gasteiger charge is 2.32. The molecule has 0 aromatic heterocycles. The van der Waals surface area contributed by atoms with Crippen LogP contribution in [0.4, 0.5) is 0 Å². The molecule has 2 unspecified atom stereocenters. The lowest BCUT2D eigenvalue weighted by Gasteiger charge is -2.32. The van der Waals surface area contributed by atoms with Gasteiger partial charge in [-0.2, -0.15) is 0 Å². The van der Waals surface area contributed by atoms with Crippen LogP contribution in [0.5, 0.6) is 0 Å². The van der Waals surface area contributed by atoms with Crippen LogP contribution in [0, 0.1) is 11.8 Å². The van der Waals surface area contributed by atoms with Crippen molar-refractivity contribution in [2.45, 2.75) is 38.3 Å². The van der Waals surface area contributed by atoms with Crippen molar-refractivity contribution in [3.8, 4) is 0 Å². The van der Waals surface area contributed by atoms with Crippen molar-refractivity contribution >= 4 is 5.91 Å². The van der Waals surface area contributed by atoms with E-state index in [4.69, 9.17) is 10.5 Å². The minimum Gasteiger partial charge on any atom is -0.378 e. The number of rotatable bonds is 3. The van der Waals surface area contributed by atoms with E-state index in [2.05, 4.69) is 5.32 Å².